The van der Waals surface area contributed by atoms with Crippen molar-refractivity contribution >= 4 is 40.1 Å². The van der Waals surface area contributed by atoms with Crippen LogP contribution in [0.25, 0.3) is 6.08 Å². The molecule has 0 aliphatic carbocycles. The van der Waals surface area contributed by atoms with E-state index in [-0.39, 0.29) is 5.78 Å². The predicted octanol–water partition coefficient (Wildman–Crippen LogP) is 4.28. The fourth-order valence-electron chi connectivity index (χ4n) is 4.46. The van der Waals surface area contributed by atoms with Crippen molar-refractivity contribution in [3.63, 3.8) is 0 Å². The lowest BCUT2D eigenvalue weighted by atomic mass is 9.69. The summed E-state index contributed by atoms with van der Waals surface area (Å²) < 4.78 is 1.01. The van der Waals surface area contributed by atoms with Crippen molar-refractivity contribution in [2.75, 3.05) is 4.90 Å². The molecule has 2 heterocycles. The highest BCUT2D eigenvalue weighted by molar-refractivity contribution is 14.1. The molecule has 5 heteroatoms. The second-order valence-corrected chi connectivity index (χ2v) is 8.20. The zero-order chi connectivity index (χ0) is 19.2. The molecule has 1 saturated heterocycles. The Hall–Kier alpha value is -2.64. The molecular weight excluding hydrogens is 449 g/mol. The van der Waals surface area contributed by atoms with Gasteiger partial charge in [-0.3, -0.25) is 4.79 Å². The zero-order valence-corrected chi connectivity index (χ0v) is 16.8. The van der Waals surface area contributed by atoms with Crippen molar-refractivity contribution in [2.45, 2.75) is 24.9 Å². The van der Waals surface area contributed by atoms with Gasteiger partial charge in [0, 0.05) is 15.2 Å². The number of rotatable bonds is 2. The van der Waals surface area contributed by atoms with E-state index in [1.54, 1.807) is 6.92 Å². The van der Waals surface area contributed by atoms with E-state index in [1.807, 2.05) is 65.6 Å². The molecule has 3 atom stereocenters. The van der Waals surface area contributed by atoms with E-state index in [1.165, 1.54) is 0 Å². The van der Waals surface area contributed by atoms with Crippen molar-refractivity contribution < 1.29 is 4.79 Å². The average molecular weight is 465 g/mol. The van der Waals surface area contributed by atoms with Crippen molar-refractivity contribution in [3.8, 4) is 12.1 Å². The van der Waals surface area contributed by atoms with Crippen LogP contribution in [0.1, 0.15) is 24.0 Å². The molecular formula is C22H16IN3O. The van der Waals surface area contributed by atoms with Gasteiger partial charge in [0.25, 0.3) is 0 Å². The maximum absolute atomic E-state index is 12.8. The summed E-state index contributed by atoms with van der Waals surface area (Å²) in [5, 5.41) is 20.3. The van der Waals surface area contributed by atoms with E-state index in [0.717, 1.165) is 20.4 Å². The Morgan fingerprint density at radius 1 is 1.15 bits per heavy atom. The largest absolute Gasteiger partial charge is 0.351 e. The molecule has 132 valence electrons. The second kappa shape index (κ2) is 6.51. The van der Waals surface area contributed by atoms with Crippen LogP contribution in [0.15, 0.2) is 54.6 Å². The number of Topliss-reactive ketones (excluding diaryl/α,β-unsaturated/α-hetero) is 1. The van der Waals surface area contributed by atoms with E-state index in [0.29, 0.717) is 0 Å². The molecule has 2 aromatic rings. The lowest BCUT2D eigenvalue weighted by Crippen LogP contribution is -2.43. The molecule has 2 aliphatic heterocycles. The van der Waals surface area contributed by atoms with Crippen LogP contribution in [0.3, 0.4) is 0 Å². The van der Waals surface area contributed by atoms with E-state index in [9.17, 15) is 15.3 Å². The van der Waals surface area contributed by atoms with Gasteiger partial charge in [-0.2, -0.15) is 10.5 Å². The number of para-hydroxylation sites is 1. The third kappa shape index (κ3) is 2.49. The van der Waals surface area contributed by atoms with Crippen LogP contribution in [-0.2, 0) is 4.79 Å². The lowest BCUT2D eigenvalue weighted by Gasteiger charge is -2.35. The first-order valence-corrected chi connectivity index (χ1v) is 9.75. The van der Waals surface area contributed by atoms with Crippen molar-refractivity contribution in [1.82, 2.24) is 0 Å². The van der Waals surface area contributed by atoms with Crippen molar-refractivity contribution in [3.05, 3.63) is 69.3 Å². The number of carbonyl (C=O) groups is 1. The number of hydrogen-bond donors (Lipinski definition) is 0. The average Bonchev–Trinajstić information content (AvgIpc) is 2.99. The second-order valence-electron chi connectivity index (χ2n) is 6.95. The van der Waals surface area contributed by atoms with Gasteiger partial charge in [0.15, 0.2) is 11.2 Å². The normalized spacial score (nSPS) is 24.4. The molecule has 0 spiro atoms. The summed E-state index contributed by atoms with van der Waals surface area (Å²) >= 11 is 2.22. The number of fused-ring (bicyclic) bond motifs is 3. The number of benzene rings is 2. The van der Waals surface area contributed by atoms with Gasteiger partial charge < -0.3 is 4.90 Å². The quantitative estimate of drug-likeness (QED) is 0.621. The fourth-order valence-corrected chi connectivity index (χ4v) is 5.03. The minimum atomic E-state index is -1.34. The van der Waals surface area contributed by atoms with Crippen LogP contribution in [0, 0.1) is 31.6 Å². The third-order valence-electron chi connectivity index (χ3n) is 5.54. The standard InChI is InChI=1S/C22H16IN3O/c1-14(27)21-20(16-6-4-7-17(23)11-16)22(12-24,13-25)19-10-9-15-5-2-3-8-18(15)26(19)21/h2-11,19-21H,1H3/t19-,20-,21+/m0/s1. The summed E-state index contributed by atoms with van der Waals surface area (Å²) in [7, 11) is 0. The monoisotopic (exact) mass is 465 g/mol. The van der Waals surface area contributed by atoms with Crippen LogP contribution < -0.4 is 4.90 Å². The summed E-state index contributed by atoms with van der Waals surface area (Å²) in [4.78, 5) is 14.8. The van der Waals surface area contributed by atoms with Crippen LogP contribution in [0.4, 0.5) is 5.69 Å². The van der Waals surface area contributed by atoms with E-state index >= 15 is 0 Å². The topological polar surface area (TPSA) is 67.9 Å². The SMILES string of the molecule is CC(=O)[C@@H]1[C@H](c2cccc(I)c2)C(C#N)(C#N)[C@@H]2C=Cc3ccccc3N12. The number of carbonyl (C=O) groups excluding carboxylic acids is 1. The van der Waals surface area contributed by atoms with Gasteiger partial charge in [-0.25, -0.2) is 0 Å². The number of nitriles is 2. The number of anilines is 1. The van der Waals surface area contributed by atoms with Crippen LogP contribution in [0.2, 0.25) is 0 Å². The molecule has 2 aromatic carbocycles. The summed E-state index contributed by atoms with van der Waals surface area (Å²) in [6.07, 6.45) is 3.85. The van der Waals surface area contributed by atoms with Crippen LogP contribution >= 0.6 is 22.6 Å². The number of halogens is 1. The Labute approximate surface area is 171 Å². The molecule has 0 saturated carbocycles. The van der Waals surface area contributed by atoms with E-state index in [4.69, 9.17) is 0 Å². The van der Waals surface area contributed by atoms with Gasteiger partial charge in [0.1, 0.15) is 0 Å². The molecule has 1 fully saturated rings. The van der Waals surface area contributed by atoms with Gasteiger partial charge in [-0.15, -0.1) is 0 Å². The minimum absolute atomic E-state index is 0.0404. The van der Waals surface area contributed by atoms with Gasteiger partial charge in [-0.1, -0.05) is 42.5 Å². The van der Waals surface area contributed by atoms with Gasteiger partial charge >= 0.3 is 0 Å². The molecule has 0 bridgehead atoms. The molecule has 2 aliphatic rings. The summed E-state index contributed by atoms with van der Waals surface area (Å²) in [6.45, 7) is 1.55. The number of ketones is 1. The smallest absolute Gasteiger partial charge is 0.176 e. The first-order valence-electron chi connectivity index (χ1n) is 8.67. The molecule has 4 rings (SSSR count). The maximum atomic E-state index is 12.8. The van der Waals surface area contributed by atoms with Gasteiger partial charge in [0.2, 0.25) is 0 Å². The van der Waals surface area contributed by atoms with E-state index in [2.05, 4.69) is 34.7 Å². The Balaban J connectivity index is 2.01. The zero-order valence-electron chi connectivity index (χ0n) is 14.6. The third-order valence-corrected chi connectivity index (χ3v) is 6.21. The molecule has 0 aromatic heterocycles. The Morgan fingerprint density at radius 2 is 1.89 bits per heavy atom. The summed E-state index contributed by atoms with van der Waals surface area (Å²) in [5.41, 5.74) is 1.40. The van der Waals surface area contributed by atoms with E-state index < -0.39 is 23.4 Å². The van der Waals surface area contributed by atoms with Gasteiger partial charge in [-0.05, 0) is 58.8 Å². The molecule has 27 heavy (non-hydrogen) atoms. The Morgan fingerprint density at radius 3 is 2.56 bits per heavy atom. The molecule has 0 amide bonds. The maximum Gasteiger partial charge on any atom is 0.176 e. The lowest BCUT2D eigenvalue weighted by molar-refractivity contribution is -0.118. The first-order chi connectivity index (χ1) is 13.0. The number of hydrogen-bond acceptors (Lipinski definition) is 4. The van der Waals surface area contributed by atoms with Crippen LogP contribution in [-0.4, -0.2) is 17.9 Å². The van der Waals surface area contributed by atoms with Gasteiger partial charge in [0.05, 0.1) is 24.2 Å². The number of nitrogens with zero attached hydrogens (tertiary/aromatic N) is 3. The van der Waals surface area contributed by atoms with Crippen LogP contribution in [0.5, 0.6) is 0 Å². The highest BCUT2D eigenvalue weighted by Crippen LogP contribution is 2.55. The van der Waals surface area contributed by atoms with Crippen molar-refractivity contribution in [2.24, 2.45) is 5.41 Å². The molecule has 4 nitrogen and oxygen atoms in total. The molecule has 0 unspecified atom stereocenters. The highest BCUT2D eigenvalue weighted by Gasteiger charge is 2.62. The fraction of sp³-hybridized carbons (Fsp3) is 0.227. The summed E-state index contributed by atoms with van der Waals surface area (Å²) in [5.74, 6) is -0.568. The summed E-state index contributed by atoms with van der Waals surface area (Å²) in [6, 6.07) is 19.1. The Kier molecular flexibility index (Phi) is 4.28. The van der Waals surface area contributed by atoms with Crippen molar-refractivity contribution in [1.29, 1.82) is 10.5 Å². The minimum Gasteiger partial charge on any atom is -0.351 e. The predicted molar refractivity (Wildman–Crippen MR) is 112 cm³/mol. The molecule has 0 N–H and O–H groups in total. The highest BCUT2D eigenvalue weighted by atomic mass is 127. The Bertz CT molecular complexity index is 1030. The molecule has 0 radical (unpaired) electrons. The first kappa shape index (κ1) is 17.8.